The molecule has 1 heterocycles. The monoisotopic (exact) mass is 342 g/mol. The highest BCUT2D eigenvalue weighted by Crippen LogP contribution is 2.30. The van der Waals surface area contributed by atoms with Crippen LogP contribution < -0.4 is 10.2 Å². The number of hydrogen-bond donors (Lipinski definition) is 1. The highest BCUT2D eigenvalue weighted by molar-refractivity contribution is 6.30. The van der Waals surface area contributed by atoms with Gasteiger partial charge in [-0.15, -0.1) is 0 Å². The number of benzene rings is 2. The van der Waals surface area contributed by atoms with Crippen LogP contribution in [0.1, 0.15) is 35.7 Å². The molecule has 0 radical (unpaired) electrons. The lowest BCUT2D eigenvalue weighted by Gasteiger charge is -2.29. The maximum Gasteiger partial charge on any atom is 0.255 e. The van der Waals surface area contributed by atoms with Crippen LogP contribution in [0.3, 0.4) is 0 Å². The van der Waals surface area contributed by atoms with E-state index in [9.17, 15) is 9.59 Å². The first-order valence-electron chi connectivity index (χ1n) is 8.08. The van der Waals surface area contributed by atoms with Gasteiger partial charge < -0.3 is 10.2 Å². The van der Waals surface area contributed by atoms with Crippen molar-refractivity contribution in [1.82, 2.24) is 0 Å². The van der Waals surface area contributed by atoms with Crippen molar-refractivity contribution < 1.29 is 9.59 Å². The highest BCUT2D eigenvalue weighted by atomic mass is 35.5. The number of rotatable bonds is 3. The molecule has 0 unspecified atom stereocenters. The van der Waals surface area contributed by atoms with Crippen LogP contribution in [0, 0.1) is 0 Å². The number of hydrogen-bond acceptors (Lipinski definition) is 2. The number of fused-ring (bicyclic) bond motifs is 1. The van der Waals surface area contributed by atoms with Gasteiger partial charge >= 0.3 is 0 Å². The molecule has 0 aliphatic carbocycles. The normalized spacial score (nSPS) is 13.3. The van der Waals surface area contributed by atoms with Crippen molar-refractivity contribution in [2.24, 2.45) is 0 Å². The molecule has 5 heteroatoms. The molecule has 0 bridgehead atoms. The smallest absolute Gasteiger partial charge is 0.255 e. The molecule has 2 amide bonds. The summed E-state index contributed by atoms with van der Waals surface area (Å²) in [6.07, 6.45) is 2.34. The molecule has 0 saturated carbocycles. The Balaban J connectivity index is 1.80. The lowest BCUT2D eigenvalue weighted by molar-refractivity contribution is -0.118. The summed E-state index contributed by atoms with van der Waals surface area (Å²) in [4.78, 5) is 26.2. The van der Waals surface area contributed by atoms with E-state index in [1.165, 1.54) is 0 Å². The summed E-state index contributed by atoms with van der Waals surface area (Å²) in [6.45, 7) is 2.63. The van der Waals surface area contributed by atoms with Crippen molar-refractivity contribution in [3.63, 3.8) is 0 Å². The minimum atomic E-state index is -0.177. The fourth-order valence-corrected chi connectivity index (χ4v) is 3.06. The second-order valence-corrected chi connectivity index (χ2v) is 6.24. The predicted molar refractivity (Wildman–Crippen MR) is 96.8 cm³/mol. The van der Waals surface area contributed by atoms with Crippen LogP contribution in [0.2, 0.25) is 5.02 Å². The number of halogens is 1. The van der Waals surface area contributed by atoms with Gasteiger partial charge in [0.1, 0.15) is 0 Å². The molecule has 0 aromatic heterocycles. The van der Waals surface area contributed by atoms with Crippen molar-refractivity contribution >= 4 is 34.8 Å². The molecule has 1 N–H and O–H groups in total. The number of nitrogens with zero attached hydrogens (tertiary/aromatic N) is 1. The third-order valence-electron chi connectivity index (χ3n) is 4.17. The van der Waals surface area contributed by atoms with Gasteiger partial charge in [0.2, 0.25) is 5.91 Å². The average molecular weight is 343 g/mol. The van der Waals surface area contributed by atoms with E-state index in [1.807, 2.05) is 30.0 Å². The van der Waals surface area contributed by atoms with Gasteiger partial charge in [0.25, 0.3) is 5.91 Å². The molecule has 0 spiro atoms. The van der Waals surface area contributed by atoms with E-state index >= 15 is 0 Å². The Morgan fingerprint density at radius 1 is 1.17 bits per heavy atom. The van der Waals surface area contributed by atoms with Gasteiger partial charge in [-0.05, 0) is 60.9 Å². The summed E-state index contributed by atoms with van der Waals surface area (Å²) in [5.74, 6) is -0.0437. The Hall–Kier alpha value is -2.33. The van der Waals surface area contributed by atoms with Crippen LogP contribution in [0.15, 0.2) is 42.5 Å². The van der Waals surface area contributed by atoms with E-state index in [-0.39, 0.29) is 11.8 Å². The Morgan fingerprint density at radius 2 is 1.92 bits per heavy atom. The summed E-state index contributed by atoms with van der Waals surface area (Å²) in [5, 5.41) is 3.50. The minimum absolute atomic E-state index is 0.133. The topological polar surface area (TPSA) is 49.4 Å². The molecule has 124 valence electrons. The van der Waals surface area contributed by atoms with Crippen LogP contribution in [0.4, 0.5) is 11.4 Å². The molecule has 0 atom stereocenters. The molecular weight excluding hydrogens is 324 g/mol. The Morgan fingerprint density at radius 3 is 2.62 bits per heavy atom. The van der Waals surface area contributed by atoms with Gasteiger partial charge in [-0.25, -0.2) is 0 Å². The van der Waals surface area contributed by atoms with E-state index in [1.54, 1.807) is 24.3 Å². The maximum atomic E-state index is 12.3. The summed E-state index contributed by atoms with van der Waals surface area (Å²) in [7, 11) is 0. The van der Waals surface area contributed by atoms with Crippen molar-refractivity contribution in [2.75, 3.05) is 16.8 Å². The minimum Gasteiger partial charge on any atom is -0.322 e. The summed E-state index contributed by atoms with van der Waals surface area (Å²) in [6, 6.07) is 12.5. The highest BCUT2D eigenvalue weighted by Gasteiger charge is 2.21. The SMILES string of the molecule is CCC(=O)N1CCCc2cc(NC(=O)c3ccc(Cl)cc3)ccc21. The second-order valence-electron chi connectivity index (χ2n) is 5.81. The van der Waals surface area contributed by atoms with Gasteiger partial charge in [0.05, 0.1) is 0 Å². The standard InChI is InChI=1S/C19H19ClN2O2/c1-2-18(23)22-11-3-4-14-12-16(9-10-17(14)22)21-19(24)13-5-7-15(20)8-6-13/h5-10,12H,2-4,11H2,1H3,(H,21,24). The fourth-order valence-electron chi connectivity index (χ4n) is 2.93. The second kappa shape index (κ2) is 7.05. The Kier molecular flexibility index (Phi) is 4.86. The fraction of sp³-hybridized carbons (Fsp3) is 0.263. The first-order chi connectivity index (χ1) is 11.6. The molecule has 2 aromatic carbocycles. The zero-order valence-corrected chi connectivity index (χ0v) is 14.3. The molecule has 0 fully saturated rings. The van der Waals surface area contributed by atoms with Crippen LogP contribution in [0.5, 0.6) is 0 Å². The van der Waals surface area contributed by atoms with Gasteiger partial charge in [0.15, 0.2) is 0 Å². The number of carbonyl (C=O) groups is 2. The van der Waals surface area contributed by atoms with Gasteiger partial charge in [-0.3, -0.25) is 9.59 Å². The lowest BCUT2D eigenvalue weighted by atomic mass is 10.0. The van der Waals surface area contributed by atoms with Crippen LogP contribution >= 0.6 is 11.6 Å². The number of nitrogens with one attached hydrogen (secondary N) is 1. The van der Waals surface area contributed by atoms with Crippen LogP contribution in [-0.2, 0) is 11.2 Å². The third kappa shape index (κ3) is 3.44. The quantitative estimate of drug-likeness (QED) is 0.905. The predicted octanol–water partition coefficient (Wildman–Crippen LogP) is 4.28. The van der Waals surface area contributed by atoms with E-state index in [0.717, 1.165) is 36.3 Å². The van der Waals surface area contributed by atoms with Crippen LogP contribution in [0.25, 0.3) is 0 Å². The van der Waals surface area contributed by atoms with Crippen molar-refractivity contribution in [3.05, 3.63) is 58.6 Å². The Bertz CT molecular complexity index is 771. The maximum absolute atomic E-state index is 12.3. The van der Waals surface area contributed by atoms with E-state index in [2.05, 4.69) is 5.32 Å². The zero-order chi connectivity index (χ0) is 17.1. The van der Waals surface area contributed by atoms with Crippen LogP contribution in [-0.4, -0.2) is 18.4 Å². The largest absolute Gasteiger partial charge is 0.322 e. The zero-order valence-electron chi connectivity index (χ0n) is 13.5. The first-order valence-corrected chi connectivity index (χ1v) is 8.46. The van der Waals surface area contributed by atoms with Gasteiger partial charge in [0, 0.05) is 34.9 Å². The molecule has 0 saturated heterocycles. The van der Waals surface area contributed by atoms with Crippen molar-refractivity contribution in [1.29, 1.82) is 0 Å². The summed E-state index contributed by atoms with van der Waals surface area (Å²) in [5.41, 5.74) is 3.34. The number of amides is 2. The molecular formula is C19H19ClN2O2. The van der Waals surface area contributed by atoms with Crippen molar-refractivity contribution in [2.45, 2.75) is 26.2 Å². The summed E-state index contributed by atoms with van der Waals surface area (Å²) < 4.78 is 0. The third-order valence-corrected chi connectivity index (χ3v) is 4.42. The van der Waals surface area contributed by atoms with Crippen molar-refractivity contribution in [3.8, 4) is 0 Å². The number of carbonyl (C=O) groups excluding carboxylic acids is 2. The number of anilines is 2. The Labute approximate surface area is 146 Å². The molecule has 24 heavy (non-hydrogen) atoms. The molecule has 1 aliphatic rings. The van der Waals surface area contributed by atoms with Gasteiger partial charge in [-0.2, -0.15) is 0 Å². The molecule has 4 nitrogen and oxygen atoms in total. The van der Waals surface area contributed by atoms with E-state index < -0.39 is 0 Å². The molecule has 2 aromatic rings. The van der Waals surface area contributed by atoms with Gasteiger partial charge in [-0.1, -0.05) is 18.5 Å². The number of aryl methyl sites for hydroxylation is 1. The molecule has 1 aliphatic heterocycles. The molecule has 3 rings (SSSR count). The van der Waals surface area contributed by atoms with E-state index in [0.29, 0.717) is 17.0 Å². The lowest BCUT2D eigenvalue weighted by Crippen LogP contribution is -2.34. The summed E-state index contributed by atoms with van der Waals surface area (Å²) >= 11 is 5.84. The van der Waals surface area contributed by atoms with E-state index in [4.69, 9.17) is 11.6 Å². The first kappa shape index (κ1) is 16.5. The average Bonchev–Trinajstić information content (AvgIpc) is 2.60.